The van der Waals surface area contributed by atoms with E-state index < -0.39 is 0 Å². The van der Waals surface area contributed by atoms with Crippen molar-refractivity contribution in [3.8, 4) is 11.5 Å². The zero-order chi connectivity index (χ0) is 15.2. The Morgan fingerprint density at radius 3 is 2.52 bits per heavy atom. The van der Waals surface area contributed by atoms with E-state index in [9.17, 15) is 4.79 Å². The molecule has 0 fully saturated rings. The lowest BCUT2D eigenvalue weighted by atomic mass is 10.1. The number of amides is 1. The first-order chi connectivity index (χ1) is 10.2. The fraction of sp³-hybridized carbons (Fsp3) is 0.250. The molecule has 0 aliphatic carbocycles. The molecule has 5 nitrogen and oxygen atoms in total. The van der Waals surface area contributed by atoms with Crippen molar-refractivity contribution < 1.29 is 14.3 Å². The number of aryl methyl sites for hydroxylation is 1. The minimum absolute atomic E-state index is 0.167. The van der Waals surface area contributed by atoms with Gasteiger partial charge in [-0.05, 0) is 36.8 Å². The number of ether oxygens (including phenoxy) is 2. The third-order valence-electron chi connectivity index (χ3n) is 3.13. The number of carbonyl (C=O) groups excluding carboxylic acids is 1. The number of hydrogen-bond acceptors (Lipinski definition) is 4. The van der Waals surface area contributed by atoms with E-state index in [-0.39, 0.29) is 5.91 Å². The van der Waals surface area contributed by atoms with Crippen LogP contribution in [-0.2, 0) is 6.54 Å². The van der Waals surface area contributed by atoms with Crippen LogP contribution in [0.1, 0.15) is 21.6 Å². The molecule has 2 rings (SSSR count). The maximum absolute atomic E-state index is 12.3. The predicted molar refractivity (Wildman–Crippen MR) is 79.7 cm³/mol. The molecule has 0 atom stereocenters. The lowest BCUT2D eigenvalue weighted by molar-refractivity contribution is 0.0949. The number of aromatic nitrogens is 1. The molecule has 1 N–H and O–H groups in total. The van der Waals surface area contributed by atoms with Gasteiger partial charge in [-0.1, -0.05) is 6.07 Å². The van der Waals surface area contributed by atoms with E-state index in [2.05, 4.69) is 10.3 Å². The molecule has 1 aromatic heterocycles. The summed E-state index contributed by atoms with van der Waals surface area (Å²) in [5.74, 6) is 0.974. The maximum Gasteiger partial charge on any atom is 0.252 e. The minimum atomic E-state index is -0.167. The summed E-state index contributed by atoms with van der Waals surface area (Å²) >= 11 is 0. The van der Waals surface area contributed by atoms with Gasteiger partial charge in [0.25, 0.3) is 5.91 Å². The van der Waals surface area contributed by atoms with E-state index in [1.807, 2.05) is 25.1 Å². The van der Waals surface area contributed by atoms with E-state index in [1.54, 1.807) is 32.5 Å². The van der Waals surface area contributed by atoms with Gasteiger partial charge in [-0.15, -0.1) is 0 Å². The summed E-state index contributed by atoms with van der Waals surface area (Å²) in [4.78, 5) is 16.4. The summed E-state index contributed by atoms with van der Waals surface area (Å²) in [6.45, 7) is 2.24. The zero-order valence-electron chi connectivity index (χ0n) is 12.3. The Morgan fingerprint density at radius 1 is 1.19 bits per heavy atom. The topological polar surface area (TPSA) is 60.5 Å². The van der Waals surface area contributed by atoms with Crippen LogP contribution in [0.15, 0.2) is 36.5 Å². The van der Waals surface area contributed by atoms with E-state index in [4.69, 9.17) is 9.47 Å². The van der Waals surface area contributed by atoms with Gasteiger partial charge in [0.1, 0.15) is 0 Å². The number of nitrogens with zero attached hydrogens (tertiary/aromatic N) is 1. The Labute approximate surface area is 123 Å². The summed E-state index contributed by atoms with van der Waals surface area (Å²) in [7, 11) is 3.11. The number of benzene rings is 1. The van der Waals surface area contributed by atoms with E-state index in [0.29, 0.717) is 23.6 Å². The number of nitrogens with one attached hydrogen (secondary N) is 1. The summed E-state index contributed by atoms with van der Waals surface area (Å²) in [6.07, 6.45) is 1.70. The van der Waals surface area contributed by atoms with Gasteiger partial charge in [0.15, 0.2) is 11.5 Å². The van der Waals surface area contributed by atoms with Gasteiger partial charge < -0.3 is 14.8 Å². The van der Waals surface area contributed by atoms with Crippen LogP contribution in [0.25, 0.3) is 0 Å². The first-order valence-corrected chi connectivity index (χ1v) is 6.56. The zero-order valence-corrected chi connectivity index (χ0v) is 12.3. The Morgan fingerprint density at radius 2 is 1.90 bits per heavy atom. The van der Waals surface area contributed by atoms with Crippen molar-refractivity contribution in [1.82, 2.24) is 10.3 Å². The average molecular weight is 286 g/mol. The monoisotopic (exact) mass is 286 g/mol. The Bertz CT molecular complexity index is 627. The maximum atomic E-state index is 12.3. The second-order valence-corrected chi connectivity index (χ2v) is 4.53. The highest BCUT2D eigenvalue weighted by Gasteiger charge is 2.14. The second-order valence-electron chi connectivity index (χ2n) is 4.53. The molecule has 0 radical (unpaired) electrons. The van der Waals surface area contributed by atoms with Gasteiger partial charge in [0, 0.05) is 11.8 Å². The highest BCUT2D eigenvalue weighted by molar-refractivity contribution is 5.96. The molecule has 0 bridgehead atoms. The van der Waals surface area contributed by atoms with Crippen LogP contribution in [0.5, 0.6) is 11.5 Å². The highest BCUT2D eigenvalue weighted by atomic mass is 16.5. The fourth-order valence-corrected chi connectivity index (χ4v) is 1.99. The minimum Gasteiger partial charge on any atom is -0.493 e. The number of pyridine rings is 1. The van der Waals surface area contributed by atoms with E-state index >= 15 is 0 Å². The quantitative estimate of drug-likeness (QED) is 0.916. The number of hydrogen-bond donors (Lipinski definition) is 1. The smallest absolute Gasteiger partial charge is 0.252 e. The molecule has 0 saturated heterocycles. The van der Waals surface area contributed by atoms with E-state index in [0.717, 1.165) is 11.3 Å². The van der Waals surface area contributed by atoms with Gasteiger partial charge in [-0.3, -0.25) is 9.78 Å². The van der Waals surface area contributed by atoms with Crippen LogP contribution in [0.2, 0.25) is 0 Å². The Balaban J connectivity index is 2.15. The standard InChI is InChI=1S/C16H18N2O3/c1-11-8-14(20-2)15(21-3)9-13(11)16(19)18-10-12-6-4-5-7-17-12/h4-9H,10H2,1-3H3,(H,18,19). The van der Waals surface area contributed by atoms with Crippen molar-refractivity contribution in [2.45, 2.75) is 13.5 Å². The van der Waals surface area contributed by atoms with Gasteiger partial charge in [0.2, 0.25) is 0 Å². The molecule has 1 aromatic carbocycles. The lowest BCUT2D eigenvalue weighted by Gasteiger charge is -2.12. The number of methoxy groups -OCH3 is 2. The molecule has 0 unspecified atom stereocenters. The largest absolute Gasteiger partial charge is 0.493 e. The third-order valence-corrected chi connectivity index (χ3v) is 3.13. The van der Waals surface area contributed by atoms with Crippen LogP contribution in [0, 0.1) is 6.92 Å². The molecule has 0 saturated carbocycles. The predicted octanol–water partition coefficient (Wildman–Crippen LogP) is 2.34. The molecule has 1 heterocycles. The summed E-state index contributed by atoms with van der Waals surface area (Å²) in [5, 5.41) is 2.85. The van der Waals surface area contributed by atoms with Crippen LogP contribution in [-0.4, -0.2) is 25.1 Å². The van der Waals surface area contributed by atoms with Crippen molar-refractivity contribution in [2.24, 2.45) is 0 Å². The summed E-state index contributed by atoms with van der Waals surface area (Å²) < 4.78 is 10.4. The first kappa shape index (κ1) is 14.8. The molecular weight excluding hydrogens is 268 g/mol. The molecule has 1 amide bonds. The van der Waals surface area contributed by atoms with Crippen LogP contribution in [0.3, 0.4) is 0 Å². The van der Waals surface area contributed by atoms with Crippen molar-refractivity contribution in [2.75, 3.05) is 14.2 Å². The number of carbonyl (C=O) groups is 1. The molecule has 5 heteroatoms. The van der Waals surface area contributed by atoms with Gasteiger partial charge in [-0.2, -0.15) is 0 Å². The molecular formula is C16H18N2O3. The summed E-state index contributed by atoms with van der Waals surface area (Å²) in [5.41, 5.74) is 2.19. The Kier molecular flexibility index (Phi) is 4.77. The molecule has 2 aromatic rings. The lowest BCUT2D eigenvalue weighted by Crippen LogP contribution is -2.24. The van der Waals surface area contributed by atoms with Crippen LogP contribution < -0.4 is 14.8 Å². The van der Waals surface area contributed by atoms with Gasteiger partial charge in [0.05, 0.1) is 26.5 Å². The second kappa shape index (κ2) is 6.74. The SMILES string of the molecule is COc1cc(C)c(C(=O)NCc2ccccn2)cc1OC. The Hall–Kier alpha value is -2.56. The van der Waals surface area contributed by atoms with Gasteiger partial charge in [-0.25, -0.2) is 0 Å². The molecule has 0 aliphatic rings. The normalized spacial score (nSPS) is 10.0. The van der Waals surface area contributed by atoms with Crippen molar-refractivity contribution >= 4 is 5.91 Å². The molecule has 21 heavy (non-hydrogen) atoms. The molecule has 0 spiro atoms. The van der Waals surface area contributed by atoms with E-state index in [1.165, 1.54) is 0 Å². The highest BCUT2D eigenvalue weighted by Crippen LogP contribution is 2.30. The van der Waals surface area contributed by atoms with Crippen LogP contribution in [0.4, 0.5) is 0 Å². The summed E-state index contributed by atoms with van der Waals surface area (Å²) in [6, 6.07) is 9.05. The first-order valence-electron chi connectivity index (χ1n) is 6.56. The van der Waals surface area contributed by atoms with Gasteiger partial charge >= 0.3 is 0 Å². The van der Waals surface area contributed by atoms with Crippen molar-refractivity contribution in [3.05, 3.63) is 53.3 Å². The third kappa shape index (κ3) is 3.51. The molecule has 110 valence electrons. The number of rotatable bonds is 5. The van der Waals surface area contributed by atoms with Crippen molar-refractivity contribution in [3.63, 3.8) is 0 Å². The fourth-order valence-electron chi connectivity index (χ4n) is 1.99. The van der Waals surface area contributed by atoms with Crippen LogP contribution >= 0.6 is 0 Å². The molecule has 0 aliphatic heterocycles. The average Bonchev–Trinajstić information content (AvgIpc) is 2.53. The van der Waals surface area contributed by atoms with Crippen molar-refractivity contribution in [1.29, 1.82) is 0 Å².